The van der Waals surface area contributed by atoms with E-state index in [-0.39, 0.29) is 0 Å². The van der Waals surface area contributed by atoms with Crippen LogP contribution in [0.1, 0.15) is 30.9 Å². The molecule has 0 aliphatic carbocycles. The van der Waals surface area contributed by atoms with Gasteiger partial charge in [-0.2, -0.15) is 0 Å². The Kier molecular flexibility index (Phi) is 5.13. The Balaban J connectivity index is 1.84. The molecule has 2 aromatic rings. The van der Waals surface area contributed by atoms with Crippen molar-refractivity contribution in [2.24, 2.45) is 0 Å². The third-order valence-corrected chi connectivity index (χ3v) is 3.38. The molecule has 0 amide bonds. The van der Waals surface area contributed by atoms with Crippen molar-refractivity contribution >= 4 is 23.0 Å². The molecule has 104 valence electrons. The van der Waals surface area contributed by atoms with Gasteiger partial charge in [0.1, 0.15) is 0 Å². The van der Waals surface area contributed by atoms with Crippen LogP contribution in [0.15, 0.2) is 54.6 Å². The molecule has 0 aromatic heterocycles. The van der Waals surface area contributed by atoms with Gasteiger partial charge in [-0.25, -0.2) is 0 Å². The number of nitrogens with one attached hydrogen (secondary N) is 2. The van der Waals surface area contributed by atoms with Crippen molar-refractivity contribution in [3.8, 4) is 0 Å². The van der Waals surface area contributed by atoms with Gasteiger partial charge in [-0.15, -0.1) is 0 Å². The van der Waals surface area contributed by atoms with E-state index in [0.29, 0.717) is 11.0 Å². The standard InChI is InChI=1S/C17H20N2S/c1-13(2)15-10-8-14(9-11-15)12-18-17(20)19-16-6-4-3-5-7-16/h3-11,13H,12H2,1-2H3,(H2,18,19,20). The van der Waals surface area contributed by atoms with E-state index >= 15 is 0 Å². The lowest BCUT2D eigenvalue weighted by atomic mass is 10.0. The van der Waals surface area contributed by atoms with Gasteiger partial charge in [0.25, 0.3) is 0 Å². The topological polar surface area (TPSA) is 24.1 Å². The first-order chi connectivity index (χ1) is 9.65. The summed E-state index contributed by atoms with van der Waals surface area (Å²) in [4.78, 5) is 0. The number of benzene rings is 2. The predicted octanol–water partition coefficient (Wildman–Crippen LogP) is 4.30. The van der Waals surface area contributed by atoms with E-state index < -0.39 is 0 Å². The summed E-state index contributed by atoms with van der Waals surface area (Å²) >= 11 is 5.28. The number of thiocarbonyl (C=S) groups is 1. The molecule has 20 heavy (non-hydrogen) atoms. The zero-order valence-electron chi connectivity index (χ0n) is 11.9. The summed E-state index contributed by atoms with van der Waals surface area (Å²) < 4.78 is 0. The van der Waals surface area contributed by atoms with Gasteiger partial charge in [-0.05, 0) is 41.4 Å². The summed E-state index contributed by atoms with van der Waals surface area (Å²) in [5.41, 5.74) is 3.59. The molecule has 2 nitrogen and oxygen atoms in total. The fraction of sp³-hybridized carbons (Fsp3) is 0.235. The molecular formula is C17H20N2S. The molecule has 0 saturated heterocycles. The molecule has 0 atom stereocenters. The van der Waals surface area contributed by atoms with Gasteiger partial charge in [0, 0.05) is 12.2 Å². The van der Waals surface area contributed by atoms with Crippen molar-refractivity contribution in [1.82, 2.24) is 5.32 Å². The first-order valence-electron chi connectivity index (χ1n) is 6.84. The molecule has 0 spiro atoms. The van der Waals surface area contributed by atoms with Crippen LogP contribution >= 0.6 is 12.2 Å². The first-order valence-corrected chi connectivity index (χ1v) is 7.24. The molecule has 0 saturated carbocycles. The average molecular weight is 284 g/mol. The Morgan fingerprint density at radius 2 is 1.65 bits per heavy atom. The fourth-order valence-corrected chi connectivity index (χ4v) is 2.09. The molecule has 0 fully saturated rings. The molecule has 2 rings (SSSR count). The lowest BCUT2D eigenvalue weighted by molar-refractivity contribution is 0.860. The fourth-order valence-electron chi connectivity index (χ4n) is 1.90. The Bertz CT molecular complexity index is 547. The summed E-state index contributed by atoms with van der Waals surface area (Å²) in [5, 5.41) is 7.02. The molecule has 0 aliphatic heterocycles. The van der Waals surface area contributed by atoms with E-state index in [9.17, 15) is 0 Å². The smallest absolute Gasteiger partial charge is 0.171 e. The summed E-state index contributed by atoms with van der Waals surface area (Å²) in [7, 11) is 0. The first kappa shape index (κ1) is 14.5. The van der Waals surface area contributed by atoms with Crippen LogP contribution in [-0.2, 0) is 6.54 Å². The van der Waals surface area contributed by atoms with Gasteiger partial charge in [-0.1, -0.05) is 56.3 Å². The van der Waals surface area contributed by atoms with E-state index in [2.05, 4.69) is 48.7 Å². The van der Waals surface area contributed by atoms with Crippen molar-refractivity contribution in [2.45, 2.75) is 26.3 Å². The summed E-state index contributed by atoms with van der Waals surface area (Å²) in [6, 6.07) is 18.6. The minimum atomic E-state index is 0.567. The zero-order valence-corrected chi connectivity index (χ0v) is 12.7. The molecule has 0 bridgehead atoms. The summed E-state index contributed by atoms with van der Waals surface area (Å²) in [5.74, 6) is 0.567. The maximum atomic E-state index is 5.28. The van der Waals surface area contributed by atoms with Crippen molar-refractivity contribution < 1.29 is 0 Å². The van der Waals surface area contributed by atoms with Crippen molar-refractivity contribution in [3.63, 3.8) is 0 Å². The van der Waals surface area contributed by atoms with Crippen molar-refractivity contribution in [3.05, 3.63) is 65.7 Å². The van der Waals surface area contributed by atoms with Crippen LogP contribution in [0.2, 0.25) is 0 Å². The van der Waals surface area contributed by atoms with Crippen LogP contribution < -0.4 is 10.6 Å². The third kappa shape index (κ3) is 4.35. The SMILES string of the molecule is CC(C)c1ccc(CNC(=S)Nc2ccccc2)cc1. The lowest BCUT2D eigenvalue weighted by Crippen LogP contribution is -2.27. The molecule has 0 radical (unpaired) electrons. The number of hydrogen-bond acceptors (Lipinski definition) is 1. The molecule has 2 N–H and O–H groups in total. The van der Waals surface area contributed by atoms with Crippen molar-refractivity contribution in [2.75, 3.05) is 5.32 Å². The second-order valence-electron chi connectivity index (χ2n) is 5.07. The molecule has 0 unspecified atom stereocenters. The summed E-state index contributed by atoms with van der Waals surface area (Å²) in [6.07, 6.45) is 0. The quantitative estimate of drug-likeness (QED) is 0.819. The largest absolute Gasteiger partial charge is 0.358 e. The average Bonchev–Trinajstić information content (AvgIpc) is 2.46. The molecule has 0 heterocycles. The van der Waals surface area contributed by atoms with Crippen LogP contribution in [0, 0.1) is 0 Å². The predicted molar refractivity (Wildman–Crippen MR) is 90.0 cm³/mol. The molecule has 0 aliphatic rings. The maximum absolute atomic E-state index is 5.28. The Labute approximate surface area is 126 Å². The molecule has 2 aromatic carbocycles. The highest BCUT2D eigenvalue weighted by Crippen LogP contribution is 2.14. The van der Waals surface area contributed by atoms with Crippen molar-refractivity contribution in [1.29, 1.82) is 0 Å². The van der Waals surface area contributed by atoms with E-state index in [1.54, 1.807) is 0 Å². The van der Waals surface area contributed by atoms with Gasteiger partial charge in [0.2, 0.25) is 0 Å². The van der Waals surface area contributed by atoms with Gasteiger partial charge in [0.05, 0.1) is 0 Å². The minimum absolute atomic E-state index is 0.567. The third-order valence-electron chi connectivity index (χ3n) is 3.13. The monoisotopic (exact) mass is 284 g/mol. The zero-order chi connectivity index (χ0) is 14.4. The molecular weight excluding hydrogens is 264 g/mol. The van der Waals surface area contributed by atoms with E-state index in [4.69, 9.17) is 12.2 Å². The van der Waals surface area contributed by atoms with Gasteiger partial charge in [0.15, 0.2) is 5.11 Å². The Hall–Kier alpha value is -1.87. The van der Waals surface area contributed by atoms with Crippen LogP contribution in [0.3, 0.4) is 0 Å². The van der Waals surface area contributed by atoms with E-state index in [0.717, 1.165) is 12.2 Å². The van der Waals surface area contributed by atoms with Crippen LogP contribution in [0.25, 0.3) is 0 Å². The second-order valence-corrected chi connectivity index (χ2v) is 5.48. The van der Waals surface area contributed by atoms with E-state index in [1.807, 2.05) is 30.3 Å². The lowest BCUT2D eigenvalue weighted by Gasteiger charge is -2.11. The Morgan fingerprint density at radius 3 is 2.25 bits per heavy atom. The normalized spacial score (nSPS) is 10.3. The number of anilines is 1. The minimum Gasteiger partial charge on any atom is -0.358 e. The van der Waals surface area contributed by atoms with Gasteiger partial charge >= 0.3 is 0 Å². The maximum Gasteiger partial charge on any atom is 0.171 e. The highest BCUT2D eigenvalue weighted by Gasteiger charge is 2.00. The van der Waals surface area contributed by atoms with E-state index in [1.165, 1.54) is 11.1 Å². The summed E-state index contributed by atoms with van der Waals surface area (Å²) in [6.45, 7) is 5.13. The number of rotatable bonds is 4. The highest BCUT2D eigenvalue weighted by atomic mass is 32.1. The van der Waals surface area contributed by atoms with Crippen LogP contribution in [0.4, 0.5) is 5.69 Å². The highest BCUT2D eigenvalue weighted by molar-refractivity contribution is 7.80. The van der Waals surface area contributed by atoms with Crippen LogP contribution in [-0.4, -0.2) is 5.11 Å². The second kappa shape index (κ2) is 7.06. The molecule has 3 heteroatoms. The van der Waals surface area contributed by atoms with Gasteiger partial charge < -0.3 is 10.6 Å². The Morgan fingerprint density at radius 1 is 1.00 bits per heavy atom. The number of hydrogen-bond donors (Lipinski definition) is 2. The number of para-hydroxylation sites is 1. The van der Waals surface area contributed by atoms with Crippen LogP contribution in [0.5, 0.6) is 0 Å². The van der Waals surface area contributed by atoms with Gasteiger partial charge in [-0.3, -0.25) is 0 Å².